The van der Waals surface area contributed by atoms with Crippen molar-refractivity contribution in [3.8, 4) is 0 Å². The smallest absolute Gasteiger partial charge is 0.326 e. The zero-order valence-corrected chi connectivity index (χ0v) is 39.2. The largest absolute Gasteiger partial charge is 0.480 e. The Morgan fingerprint density at radius 3 is 1.51 bits per heavy atom. The molecule has 0 fully saturated rings. The Labute approximate surface area is 381 Å². The minimum absolute atomic E-state index is 0.0106. The lowest BCUT2D eigenvalue weighted by Gasteiger charge is -2.28. The van der Waals surface area contributed by atoms with E-state index in [1.165, 1.54) is 19.6 Å². The van der Waals surface area contributed by atoms with Gasteiger partial charge in [0, 0.05) is 18.6 Å². The second kappa shape index (κ2) is 31.5. The molecule has 0 saturated carbocycles. The molecule has 0 aliphatic heterocycles. The number of hydrogen-bond donors (Lipinski definition) is 10. The quantitative estimate of drug-likeness (QED) is 0.0452. The van der Waals surface area contributed by atoms with Crippen molar-refractivity contribution in [2.75, 3.05) is 32.7 Å². The number of carbonyl (C=O) groups excluding carboxylic acids is 9. The van der Waals surface area contributed by atoms with E-state index in [1.807, 2.05) is 13.8 Å². The first-order valence-corrected chi connectivity index (χ1v) is 21.7. The van der Waals surface area contributed by atoms with E-state index in [-0.39, 0.29) is 37.0 Å². The van der Waals surface area contributed by atoms with E-state index in [2.05, 4.69) is 62.9 Å². The van der Waals surface area contributed by atoms with Crippen molar-refractivity contribution < 1.29 is 53.1 Å². The van der Waals surface area contributed by atoms with Crippen LogP contribution in [0.1, 0.15) is 87.1 Å². The predicted molar refractivity (Wildman–Crippen MR) is 243 cm³/mol. The first kappa shape index (κ1) is 58.6. The maximum Gasteiger partial charge on any atom is 0.326 e. The van der Waals surface area contributed by atoms with Gasteiger partial charge in [0.1, 0.15) is 30.2 Å². The Bertz CT molecular complexity index is 1760. The number of primary amides is 2. The highest BCUT2D eigenvalue weighted by atomic mass is 16.4. The fourth-order valence-corrected chi connectivity index (χ4v) is 5.99. The second-order valence-corrected chi connectivity index (χ2v) is 16.3. The molecular weight excluding hydrogens is 845 g/mol. The van der Waals surface area contributed by atoms with Crippen LogP contribution in [0, 0.1) is 17.8 Å². The molecule has 364 valence electrons. The SMILES string of the molecule is CC(C)C[C@H](NC(=O)[C@H](CC(N)=O)NC(=O)/C=C/C(=O)NCC(=O)NCC(=O)N[C@@H](Cc1ccccc1)C(=O)O)C(=O)N[C@@H](CC(C)C)C(=O)N[C@H](C(N)=O)C(C)C.CCN(CC)CC. The Hall–Kier alpha value is -6.38. The van der Waals surface area contributed by atoms with Gasteiger partial charge >= 0.3 is 5.97 Å². The average Bonchev–Trinajstić information content (AvgIpc) is 3.22. The number of aliphatic carboxylic acids is 1. The van der Waals surface area contributed by atoms with E-state index in [1.54, 1.807) is 58.0 Å². The minimum atomic E-state index is -1.59. The predicted octanol–water partition coefficient (Wildman–Crippen LogP) is -1.02. The molecular formula is C44H72N10O11. The molecule has 0 saturated heterocycles. The molecule has 1 rings (SSSR count). The number of nitrogens with two attached hydrogens (primary N) is 2. The standard InChI is InChI=1S/C38H57N9O11.C6H15N/c1-20(2)14-24(35(54)46-25(15-21(3)4)37(56)47-33(22(5)6)34(40)53)45-36(55)26(17-28(39)48)43-30(50)13-12-29(49)41-18-31(51)42-19-32(52)44-27(38(57)58)16-23-10-8-7-9-11-23;1-4-7(5-2)6-3/h7-13,20-22,24-27,33H,14-19H2,1-6H3,(H2,39,48)(H2,40,53)(H,41,49)(H,42,51)(H,43,50)(H,44,52)(H,45,55)(H,46,54)(H,47,56)(H,57,58);4-6H2,1-3H3/b13-12+;/t24-,25-,26-,27-,33-;/m0./s1. The van der Waals surface area contributed by atoms with Gasteiger partial charge in [-0.15, -0.1) is 0 Å². The van der Waals surface area contributed by atoms with Gasteiger partial charge < -0.3 is 58.7 Å². The Morgan fingerprint density at radius 2 is 1.08 bits per heavy atom. The number of carboxylic acid groups (broad SMARTS) is 1. The topological polar surface area (TPSA) is 330 Å². The molecule has 9 amide bonds. The summed E-state index contributed by atoms with van der Waals surface area (Å²) in [7, 11) is 0. The summed E-state index contributed by atoms with van der Waals surface area (Å²) >= 11 is 0. The third-order valence-electron chi connectivity index (χ3n) is 9.50. The van der Waals surface area contributed by atoms with Gasteiger partial charge in [0.05, 0.1) is 19.5 Å². The van der Waals surface area contributed by atoms with Gasteiger partial charge in [-0.3, -0.25) is 43.2 Å². The van der Waals surface area contributed by atoms with E-state index in [0.29, 0.717) is 11.6 Å². The van der Waals surface area contributed by atoms with E-state index in [4.69, 9.17) is 11.5 Å². The summed E-state index contributed by atoms with van der Waals surface area (Å²) in [4.78, 5) is 127. The second-order valence-electron chi connectivity index (χ2n) is 16.3. The molecule has 0 unspecified atom stereocenters. The summed E-state index contributed by atoms with van der Waals surface area (Å²) in [5.74, 6) is -9.50. The average molecular weight is 917 g/mol. The van der Waals surface area contributed by atoms with Crippen molar-refractivity contribution >= 4 is 59.1 Å². The third kappa shape index (κ3) is 26.1. The maximum absolute atomic E-state index is 13.5. The van der Waals surface area contributed by atoms with Crippen molar-refractivity contribution in [1.29, 1.82) is 0 Å². The monoisotopic (exact) mass is 917 g/mol. The van der Waals surface area contributed by atoms with Crippen LogP contribution in [0.15, 0.2) is 42.5 Å². The summed E-state index contributed by atoms with van der Waals surface area (Å²) in [6, 6.07) is 2.38. The Kier molecular flexibility index (Phi) is 28.4. The molecule has 0 heterocycles. The first-order valence-electron chi connectivity index (χ1n) is 21.7. The molecule has 0 aliphatic rings. The van der Waals surface area contributed by atoms with Gasteiger partial charge in [-0.1, -0.05) is 92.6 Å². The van der Waals surface area contributed by atoms with E-state index in [0.717, 1.165) is 6.08 Å². The lowest BCUT2D eigenvalue weighted by Crippen LogP contribution is -2.59. The van der Waals surface area contributed by atoms with E-state index >= 15 is 0 Å². The fourth-order valence-electron chi connectivity index (χ4n) is 5.99. The molecule has 0 radical (unpaired) electrons. The highest BCUT2D eigenvalue weighted by Gasteiger charge is 2.33. The van der Waals surface area contributed by atoms with Gasteiger partial charge in [-0.05, 0) is 55.8 Å². The van der Waals surface area contributed by atoms with Crippen LogP contribution in [-0.4, -0.2) is 132 Å². The molecule has 21 nitrogen and oxygen atoms in total. The van der Waals surface area contributed by atoms with Crippen molar-refractivity contribution in [2.24, 2.45) is 29.2 Å². The molecule has 1 aromatic carbocycles. The summed E-state index contributed by atoms with van der Waals surface area (Å²) < 4.78 is 0. The fraction of sp³-hybridized carbons (Fsp3) is 0.591. The number of carboxylic acids is 1. The molecule has 0 spiro atoms. The Balaban J connectivity index is 0.00000537. The Morgan fingerprint density at radius 1 is 0.600 bits per heavy atom. The number of amides is 9. The van der Waals surface area contributed by atoms with Crippen LogP contribution in [0.25, 0.3) is 0 Å². The van der Waals surface area contributed by atoms with Crippen molar-refractivity contribution in [3.63, 3.8) is 0 Å². The van der Waals surface area contributed by atoms with Crippen molar-refractivity contribution in [2.45, 2.75) is 118 Å². The lowest BCUT2D eigenvalue weighted by molar-refractivity contribution is -0.141. The molecule has 65 heavy (non-hydrogen) atoms. The summed E-state index contributed by atoms with van der Waals surface area (Å²) in [6.07, 6.45) is 1.02. The summed E-state index contributed by atoms with van der Waals surface area (Å²) in [5, 5.41) is 26.1. The molecule has 1 aromatic rings. The number of hydrogen-bond acceptors (Lipinski definition) is 11. The number of rotatable bonds is 28. The van der Waals surface area contributed by atoms with Gasteiger partial charge in [0.15, 0.2) is 0 Å². The van der Waals surface area contributed by atoms with Crippen LogP contribution >= 0.6 is 0 Å². The minimum Gasteiger partial charge on any atom is -0.480 e. The van der Waals surface area contributed by atoms with Crippen LogP contribution in [-0.2, 0) is 54.4 Å². The van der Waals surface area contributed by atoms with Gasteiger partial charge in [0.25, 0.3) is 0 Å². The van der Waals surface area contributed by atoms with Gasteiger partial charge in [-0.25, -0.2) is 4.79 Å². The highest BCUT2D eigenvalue weighted by Crippen LogP contribution is 2.11. The molecule has 21 heteroatoms. The van der Waals surface area contributed by atoms with E-state index < -0.39 is 109 Å². The molecule has 0 bridgehead atoms. The zero-order valence-electron chi connectivity index (χ0n) is 39.2. The van der Waals surface area contributed by atoms with E-state index in [9.17, 15) is 53.1 Å². The summed E-state index contributed by atoms with van der Waals surface area (Å²) in [6.45, 7) is 19.5. The third-order valence-corrected chi connectivity index (χ3v) is 9.50. The van der Waals surface area contributed by atoms with Crippen LogP contribution in [0.3, 0.4) is 0 Å². The zero-order chi connectivity index (χ0) is 49.8. The summed E-state index contributed by atoms with van der Waals surface area (Å²) in [5.41, 5.74) is 11.4. The van der Waals surface area contributed by atoms with Crippen LogP contribution in [0.2, 0.25) is 0 Å². The number of carbonyl (C=O) groups is 10. The highest BCUT2D eigenvalue weighted by molar-refractivity contribution is 6.01. The van der Waals surface area contributed by atoms with Crippen LogP contribution in [0.4, 0.5) is 0 Å². The van der Waals surface area contributed by atoms with Crippen molar-refractivity contribution in [3.05, 3.63) is 48.0 Å². The lowest BCUT2D eigenvalue weighted by atomic mass is 9.98. The normalized spacial score (nSPS) is 13.3. The first-order chi connectivity index (χ1) is 30.4. The van der Waals surface area contributed by atoms with Crippen LogP contribution in [0.5, 0.6) is 0 Å². The molecule has 5 atom stereocenters. The van der Waals surface area contributed by atoms with Gasteiger partial charge in [0.2, 0.25) is 53.2 Å². The molecule has 0 aliphatic carbocycles. The van der Waals surface area contributed by atoms with Gasteiger partial charge in [-0.2, -0.15) is 0 Å². The number of benzene rings is 1. The van der Waals surface area contributed by atoms with Crippen molar-refractivity contribution in [1.82, 2.24) is 42.1 Å². The number of nitrogens with one attached hydrogen (secondary N) is 7. The maximum atomic E-state index is 13.5. The number of nitrogens with zero attached hydrogens (tertiary/aromatic N) is 1. The van der Waals surface area contributed by atoms with Crippen LogP contribution < -0.4 is 48.7 Å². The molecule has 0 aromatic heterocycles. The molecule has 12 N–H and O–H groups in total.